The van der Waals surface area contributed by atoms with E-state index in [1.807, 2.05) is 18.2 Å². The zero-order chi connectivity index (χ0) is 19.3. The predicted molar refractivity (Wildman–Crippen MR) is 114 cm³/mol. The molecule has 1 aromatic carbocycles. The molecular weight excluding hydrogens is 370 g/mol. The summed E-state index contributed by atoms with van der Waals surface area (Å²) in [6.07, 6.45) is 4.44. The molecule has 0 aliphatic heterocycles. The highest BCUT2D eigenvalue weighted by atomic mass is 32.1. The molecule has 1 aliphatic carbocycles. The monoisotopic (exact) mass is 393 g/mol. The van der Waals surface area contributed by atoms with Gasteiger partial charge in [-0.05, 0) is 50.3 Å². The van der Waals surface area contributed by atoms with Crippen molar-refractivity contribution in [3.8, 4) is 0 Å². The lowest BCUT2D eigenvalue weighted by Crippen LogP contribution is -2.23. The Kier molecular flexibility index (Phi) is 4.19. The predicted octanol–water partition coefficient (Wildman–Crippen LogP) is 3.86. The second kappa shape index (κ2) is 6.74. The van der Waals surface area contributed by atoms with Gasteiger partial charge in [-0.15, -0.1) is 11.3 Å². The number of hydrogen-bond donors (Lipinski definition) is 1. The van der Waals surface area contributed by atoms with Crippen LogP contribution in [0.1, 0.15) is 36.0 Å². The molecule has 0 amide bonds. The van der Waals surface area contributed by atoms with E-state index in [-0.39, 0.29) is 5.56 Å². The topological polar surface area (TPSA) is 64.7 Å². The van der Waals surface area contributed by atoms with Crippen LogP contribution in [0.25, 0.3) is 21.3 Å². The summed E-state index contributed by atoms with van der Waals surface area (Å²) in [5.41, 5.74) is 3.41. The van der Waals surface area contributed by atoms with Gasteiger partial charge in [-0.1, -0.05) is 12.1 Å². The molecule has 3 heterocycles. The van der Waals surface area contributed by atoms with Gasteiger partial charge in [0.2, 0.25) is 5.95 Å². The van der Waals surface area contributed by atoms with Crippen LogP contribution in [-0.2, 0) is 33.0 Å². The Morgan fingerprint density at radius 1 is 1.18 bits per heavy atom. The average Bonchev–Trinajstić information content (AvgIpc) is 3.26. The van der Waals surface area contributed by atoms with Crippen LogP contribution in [-0.4, -0.2) is 19.1 Å². The standard InChI is InChI=1S/C21H23N5OS/c1-3-26-15-10-6-5-9-14(15)23-17(26)12-22-21-24-19-18(20(27)25(21)2)13-8-4-7-11-16(13)28-19/h5-6,9-10H,3-4,7-8,11-12H2,1-2H3,(H,22,24). The maximum Gasteiger partial charge on any atom is 0.263 e. The van der Waals surface area contributed by atoms with E-state index < -0.39 is 0 Å². The Bertz CT molecular complexity index is 1250. The van der Waals surface area contributed by atoms with Crippen LogP contribution < -0.4 is 10.9 Å². The number of fused-ring (bicyclic) bond motifs is 4. The third-order valence-electron chi connectivity index (χ3n) is 5.65. The molecule has 1 N–H and O–H groups in total. The summed E-state index contributed by atoms with van der Waals surface area (Å²) < 4.78 is 3.84. The number of para-hydroxylation sites is 2. The molecule has 0 spiro atoms. The molecule has 0 saturated carbocycles. The van der Waals surface area contributed by atoms with Gasteiger partial charge in [-0.3, -0.25) is 9.36 Å². The van der Waals surface area contributed by atoms with Crippen molar-refractivity contribution in [1.29, 1.82) is 0 Å². The molecule has 28 heavy (non-hydrogen) atoms. The van der Waals surface area contributed by atoms with Crippen molar-refractivity contribution in [2.75, 3.05) is 5.32 Å². The van der Waals surface area contributed by atoms with Gasteiger partial charge in [-0.2, -0.15) is 0 Å². The molecule has 0 saturated heterocycles. The van der Waals surface area contributed by atoms with Gasteiger partial charge in [-0.25, -0.2) is 9.97 Å². The number of thiophene rings is 1. The first kappa shape index (κ1) is 17.4. The molecule has 1 aliphatic rings. The quantitative estimate of drug-likeness (QED) is 0.572. The summed E-state index contributed by atoms with van der Waals surface area (Å²) in [5, 5.41) is 4.18. The minimum atomic E-state index is 0.0518. The highest BCUT2D eigenvalue weighted by Gasteiger charge is 2.21. The number of aromatic nitrogens is 4. The van der Waals surface area contributed by atoms with Gasteiger partial charge in [0.15, 0.2) is 0 Å². The minimum Gasteiger partial charge on any atom is -0.348 e. The van der Waals surface area contributed by atoms with Gasteiger partial charge in [0.05, 0.1) is 23.0 Å². The van der Waals surface area contributed by atoms with Crippen LogP contribution in [0, 0.1) is 0 Å². The zero-order valence-electron chi connectivity index (χ0n) is 16.2. The summed E-state index contributed by atoms with van der Waals surface area (Å²) >= 11 is 1.68. The lowest BCUT2D eigenvalue weighted by molar-refractivity contribution is 0.699. The normalized spacial score (nSPS) is 13.9. The van der Waals surface area contributed by atoms with Gasteiger partial charge < -0.3 is 9.88 Å². The molecule has 3 aromatic heterocycles. The van der Waals surface area contributed by atoms with Gasteiger partial charge in [0.25, 0.3) is 5.56 Å². The second-order valence-corrected chi connectivity index (χ2v) is 8.39. The number of hydrogen-bond acceptors (Lipinski definition) is 5. The van der Waals surface area contributed by atoms with Crippen molar-refractivity contribution in [3.63, 3.8) is 0 Å². The minimum absolute atomic E-state index is 0.0518. The number of aryl methyl sites for hydroxylation is 3. The molecule has 0 radical (unpaired) electrons. The average molecular weight is 394 g/mol. The maximum atomic E-state index is 13.0. The van der Waals surface area contributed by atoms with E-state index in [1.165, 1.54) is 16.9 Å². The molecule has 5 rings (SSSR count). The van der Waals surface area contributed by atoms with Gasteiger partial charge in [0, 0.05) is 18.5 Å². The van der Waals surface area contributed by atoms with Crippen molar-refractivity contribution in [2.45, 2.75) is 45.7 Å². The molecule has 6 nitrogen and oxygen atoms in total. The van der Waals surface area contributed by atoms with Crippen LogP contribution in [0.3, 0.4) is 0 Å². The number of imidazole rings is 1. The molecule has 7 heteroatoms. The van der Waals surface area contributed by atoms with Crippen LogP contribution in [0.2, 0.25) is 0 Å². The van der Waals surface area contributed by atoms with Crippen molar-refractivity contribution >= 4 is 38.5 Å². The van der Waals surface area contributed by atoms with Crippen LogP contribution >= 0.6 is 11.3 Å². The number of nitrogens with one attached hydrogen (secondary N) is 1. The van der Waals surface area contributed by atoms with E-state index in [1.54, 1.807) is 23.0 Å². The first-order valence-electron chi connectivity index (χ1n) is 9.86. The molecule has 144 valence electrons. The third kappa shape index (κ3) is 2.64. The number of nitrogens with zero attached hydrogens (tertiary/aromatic N) is 4. The van der Waals surface area contributed by atoms with Crippen molar-refractivity contribution in [2.24, 2.45) is 7.05 Å². The van der Waals surface area contributed by atoms with Crippen LogP contribution in [0.15, 0.2) is 29.1 Å². The number of anilines is 1. The summed E-state index contributed by atoms with van der Waals surface area (Å²) in [5.74, 6) is 1.55. The Morgan fingerprint density at radius 3 is 2.86 bits per heavy atom. The van der Waals surface area contributed by atoms with Crippen LogP contribution in [0.4, 0.5) is 5.95 Å². The van der Waals surface area contributed by atoms with Crippen molar-refractivity contribution in [3.05, 3.63) is 50.9 Å². The Balaban J connectivity index is 1.52. The van der Waals surface area contributed by atoms with E-state index in [4.69, 9.17) is 9.97 Å². The molecule has 0 unspecified atom stereocenters. The SMILES string of the molecule is CCn1c(CNc2nc3sc4c(c3c(=O)n2C)CCCC4)nc2ccccc21. The first-order chi connectivity index (χ1) is 13.7. The molecule has 0 atom stereocenters. The molecule has 0 fully saturated rings. The van der Waals surface area contributed by atoms with E-state index in [2.05, 4.69) is 22.9 Å². The van der Waals surface area contributed by atoms with E-state index in [0.717, 1.165) is 52.9 Å². The Hall–Kier alpha value is -2.67. The molecule has 4 aromatic rings. The fraction of sp³-hybridized carbons (Fsp3) is 0.381. The van der Waals surface area contributed by atoms with Gasteiger partial charge >= 0.3 is 0 Å². The van der Waals surface area contributed by atoms with E-state index in [0.29, 0.717) is 12.5 Å². The van der Waals surface area contributed by atoms with E-state index in [9.17, 15) is 4.79 Å². The largest absolute Gasteiger partial charge is 0.348 e. The fourth-order valence-electron chi connectivity index (χ4n) is 4.22. The van der Waals surface area contributed by atoms with Gasteiger partial charge in [0.1, 0.15) is 10.7 Å². The third-order valence-corrected chi connectivity index (χ3v) is 6.84. The van der Waals surface area contributed by atoms with Crippen molar-refractivity contribution in [1.82, 2.24) is 19.1 Å². The summed E-state index contributed by atoms with van der Waals surface area (Å²) in [6, 6.07) is 8.15. The van der Waals surface area contributed by atoms with Crippen LogP contribution in [0.5, 0.6) is 0 Å². The molecule has 0 bridgehead atoms. The maximum absolute atomic E-state index is 13.0. The first-order valence-corrected chi connectivity index (χ1v) is 10.7. The highest BCUT2D eigenvalue weighted by Crippen LogP contribution is 2.34. The number of rotatable bonds is 4. The Morgan fingerprint density at radius 2 is 2.00 bits per heavy atom. The second-order valence-electron chi connectivity index (χ2n) is 7.31. The number of benzene rings is 1. The lowest BCUT2D eigenvalue weighted by Gasteiger charge is -2.12. The summed E-state index contributed by atoms with van der Waals surface area (Å²) in [6.45, 7) is 3.49. The smallest absolute Gasteiger partial charge is 0.263 e. The zero-order valence-corrected chi connectivity index (χ0v) is 17.0. The van der Waals surface area contributed by atoms with Crippen molar-refractivity contribution < 1.29 is 0 Å². The summed E-state index contributed by atoms with van der Waals surface area (Å²) in [4.78, 5) is 24.8. The molecular formula is C21H23N5OS. The Labute approximate surface area is 166 Å². The fourth-order valence-corrected chi connectivity index (χ4v) is 5.47. The lowest BCUT2D eigenvalue weighted by atomic mass is 9.97. The summed E-state index contributed by atoms with van der Waals surface area (Å²) in [7, 11) is 1.80. The highest BCUT2D eigenvalue weighted by molar-refractivity contribution is 7.18. The van der Waals surface area contributed by atoms with E-state index >= 15 is 0 Å².